The Balaban J connectivity index is 1.04. The van der Waals surface area contributed by atoms with E-state index in [-0.39, 0.29) is 5.41 Å². The molecule has 0 aliphatic heterocycles. The molecule has 0 saturated carbocycles. The highest BCUT2D eigenvalue weighted by atomic mass is 14.7. The molecule has 0 saturated heterocycles. The summed E-state index contributed by atoms with van der Waals surface area (Å²) >= 11 is 0. The lowest BCUT2D eigenvalue weighted by molar-refractivity contribution is 0.794. The van der Waals surface area contributed by atoms with Gasteiger partial charge in [0.2, 0.25) is 0 Å². The van der Waals surface area contributed by atoms with Crippen molar-refractivity contribution in [3.63, 3.8) is 0 Å². The van der Waals surface area contributed by atoms with Crippen LogP contribution in [-0.2, 0) is 5.41 Å². The van der Waals surface area contributed by atoms with E-state index < -0.39 is 0 Å². The van der Waals surface area contributed by atoms with E-state index in [1.54, 1.807) is 0 Å². The number of fused-ring (bicyclic) bond motifs is 16. The van der Waals surface area contributed by atoms with Crippen molar-refractivity contribution in [3.05, 3.63) is 247 Å². The Morgan fingerprint density at radius 1 is 0.246 bits per heavy atom. The fraction of sp³-hybridized carbons (Fsp3) is 0.0167. The first-order chi connectivity index (χ1) is 30.3. The molecule has 0 radical (unpaired) electrons. The summed E-state index contributed by atoms with van der Waals surface area (Å²) in [6, 6.07) is 82.8. The molecule has 0 atom stereocenters. The molecule has 11 aromatic rings. The first-order valence-electron chi connectivity index (χ1n) is 21.2. The van der Waals surface area contributed by atoms with E-state index in [2.05, 4.69) is 224 Å². The van der Waals surface area contributed by atoms with Crippen molar-refractivity contribution in [2.45, 2.75) is 5.41 Å². The molecular formula is C60H37N. The third kappa shape index (κ3) is 4.86. The number of nitrogens with zero attached hydrogens (tertiary/aromatic N) is 1. The lowest BCUT2D eigenvalue weighted by Crippen LogP contribution is -2.25. The molecule has 10 aromatic carbocycles. The van der Waals surface area contributed by atoms with E-state index in [4.69, 9.17) is 4.98 Å². The molecule has 1 heterocycles. The summed E-state index contributed by atoms with van der Waals surface area (Å²) in [6.45, 7) is 0. The fourth-order valence-electron chi connectivity index (χ4n) is 10.9. The molecule has 282 valence electrons. The monoisotopic (exact) mass is 771 g/mol. The molecule has 1 nitrogen and oxygen atoms in total. The minimum absolute atomic E-state index is 0.359. The smallest absolute Gasteiger partial charge is 0.0725 e. The van der Waals surface area contributed by atoms with Gasteiger partial charge in [-0.25, -0.2) is 4.98 Å². The number of hydrogen-bond donors (Lipinski definition) is 0. The van der Waals surface area contributed by atoms with Crippen LogP contribution in [0.15, 0.2) is 224 Å². The average molecular weight is 772 g/mol. The Kier molecular flexibility index (Phi) is 7.29. The van der Waals surface area contributed by atoms with Gasteiger partial charge in [-0.2, -0.15) is 0 Å². The number of hydrogen-bond acceptors (Lipinski definition) is 1. The fourth-order valence-corrected chi connectivity index (χ4v) is 10.9. The van der Waals surface area contributed by atoms with E-state index >= 15 is 0 Å². The lowest BCUT2D eigenvalue weighted by Gasteiger charge is -2.30. The molecule has 0 fully saturated rings. The third-order valence-electron chi connectivity index (χ3n) is 13.5. The zero-order chi connectivity index (χ0) is 40.1. The van der Waals surface area contributed by atoms with Crippen molar-refractivity contribution in [3.8, 4) is 67.0 Å². The predicted octanol–water partition coefficient (Wildman–Crippen LogP) is 15.6. The summed E-state index contributed by atoms with van der Waals surface area (Å²) in [4.78, 5) is 5.32. The van der Waals surface area contributed by atoms with Crippen LogP contribution in [-0.4, -0.2) is 4.98 Å². The Morgan fingerprint density at radius 2 is 0.721 bits per heavy atom. The number of benzene rings is 10. The minimum Gasteiger partial charge on any atom is -0.248 e. The van der Waals surface area contributed by atoms with Crippen LogP contribution in [0, 0.1) is 0 Å². The first-order valence-corrected chi connectivity index (χ1v) is 21.2. The van der Waals surface area contributed by atoms with Crippen molar-refractivity contribution in [1.82, 2.24) is 4.98 Å². The molecule has 2 aliphatic carbocycles. The maximum Gasteiger partial charge on any atom is 0.0725 e. The Bertz CT molecular complexity index is 3480. The molecule has 1 aromatic heterocycles. The molecule has 0 unspecified atom stereocenters. The zero-order valence-corrected chi connectivity index (χ0v) is 33.3. The average Bonchev–Trinajstić information content (AvgIpc) is 3.81. The number of aromatic nitrogens is 1. The van der Waals surface area contributed by atoms with Gasteiger partial charge in [-0.15, -0.1) is 0 Å². The van der Waals surface area contributed by atoms with Crippen LogP contribution >= 0.6 is 0 Å². The third-order valence-corrected chi connectivity index (χ3v) is 13.5. The SMILES string of the molecule is c1ccc(-c2cc(-c3ccccc3)nc(-c3ccc4c(c3)c3ccccc3c3cccc(-c5ccc6c(c5)-c5ccccc5C65c6ccccc6-c6ccccc65)c34)c2)cc1. The summed E-state index contributed by atoms with van der Waals surface area (Å²) < 4.78 is 0. The molecule has 0 N–H and O–H groups in total. The second kappa shape index (κ2) is 13.1. The van der Waals surface area contributed by atoms with E-state index in [0.29, 0.717) is 0 Å². The van der Waals surface area contributed by atoms with Gasteiger partial charge < -0.3 is 0 Å². The molecule has 13 rings (SSSR count). The number of pyridine rings is 1. The molecule has 1 spiro atoms. The highest BCUT2D eigenvalue weighted by Crippen LogP contribution is 2.63. The summed E-state index contributed by atoms with van der Waals surface area (Å²) in [5.74, 6) is 0. The second-order valence-corrected chi connectivity index (χ2v) is 16.5. The summed E-state index contributed by atoms with van der Waals surface area (Å²) in [5, 5.41) is 7.51. The van der Waals surface area contributed by atoms with E-state index in [1.807, 2.05) is 0 Å². The van der Waals surface area contributed by atoms with Gasteiger partial charge >= 0.3 is 0 Å². The van der Waals surface area contributed by atoms with Gasteiger partial charge in [0.25, 0.3) is 0 Å². The normalized spacial score (nSPS) is 13.0. The predicted molar refractivity (Wildman–Crippen MR) is 255 cm³/mol. The van der Waals surface area contributed by atoms with Crippen LogP contribution in [0.4, 0.5) is 0 Å². The maximum absolute atomic E-state index is 5.32. The van der Waals surface area contributed by atoms with Crippen molar-refractivity contribution in [2.75, 3.05) is 0 Å². The first kappa shape index (κ1) is 34.0. The second-order valence-electron chi connectivity index (χ2n) is 16.5. The zero-order valence-electron chi connectivity index (χ0n) is 33.3. The van der Waals surface area contributed by atoms with Crippen molar-refractivity contribution >= 4 is 32.3 Å². The van der Waals surface area contributed by atoms with Gasteiger partial charge in [0.05, 0.1) is 16.8 Å². The van der Waals surface area contributed by atoms with Gasteiger partial charge in [0.15, 0.2) is 0 Å². The summed E-state index contributed by atoms with van der Waals surface area (Å²) in [5.41, 5.74) is 19.3. The van der Waals surface area contributed by atoms with E-state index in [1.165, 1.54) is 93.5 Å². The number of rotatable bonds is 4. The highest BCUT2D eigenvalue weighted by molar-refractivity contribution is 6.29. The summed E-state index contributed by atoms with van der Waals surface area (Å²) in [6.07, 6.45) is 0. The Hall–Kier alpha value is -7.87. The van der Waals surface area contributed by atoms with Crippen LogP contribution in [0.2, 0.25) is 0 Å². The maximum atomic E-state index is 5.32. The highest BCUT2D eigenvalue weighted by Gasteiger charge is 2.51. The molecular weight excluding hydrogens is 735 g/mol. The minimum atomic E-state index is -0.359. The van der Waals surface area contributed by atoms with Crippen LogP contribution in [0.25, 0.3) is 99.3 Å². The topological polar surface area (TPSA) is 12.9 Å². The van der Waals surface area contributed by atoms with Crippen LogP contribution in [0.5, 0.6) is 0 Å². The van der Waals surface area contributed by atoms with Crippen LogP contribution < -0.4 is 0 Å². The molecule has 1 heteroatoms. The van der Waals surface area contributed by atoms with Gasteiger partial charge in [-0.1, -0.05) is 200 Å². The molecule has 2 aliphatic rings. The lowest BCUT2D eigenvalue weighted by atomic mass is 9.70. The van der Waals surface area contributed by atoms with Crippen molar-refractivity contribution in [1.29, 1.82) is 0 Å². The Morgan fingerprint density at radius 3 is 1.39 bits per heavy atom. The van der Waals surface area contributed by atoms with Crippen LogP contribution in [0.3, 0.4) is 0 Å². The molecule has 61 heavy (non-hydrogen) atoms. The van der Waals surface area contributed by atoms with Crippen molar-refractivity contribution < 1.29 is 0 Å². The van der Waals surface area contributed by atoms with E-state index in [0.717, 1.165) is 28.1 Å². The summed E-state index contributed by atoms with van der Waals surface area (Å²) in [7, 11) is 0. The van der Waals surface area contributed by atoms with Crippen molar-refractivity contribution in [2.24, 2.45) is 0 Å². The molecule has 0 bridgehead atoms. The van der Waals surface area contributed by atoms with Gasteiger partial charge in [-0.3, -0.25) is 0 Å². The van der Waals surface area contributed by atoms with Gasteiger partial charge in [0, 0.05) is 11.1 Å². The largest absolute Gasteiger partial charge is 0.248 e. The van der Waals surface area contributed by atoms with Crippen LogP contribution in [0.1, 0.15) is 22.3 Å². The van der Waals surface area contributed by atoms with Gasteiger partial charge in [0.1, 0.15) is 0 Å². The quantitative estimate of drug-likeness (QED) is 0.162. The standard InChI is InChI=1S/C60H37N/c1-3-16-38(17-4-1)42-36-57(39-18-5-2-6-19-39)61-58(37-42)41-30-32-50-51(35-41)45-21-8-7-20-44(45)49-26-15-25-43(59(49)50)40-31-33-56-52(34-40)48-24-11-14-29-55(48)60(56)53-27-12-9-22-46(53)47-23-10-13-28-54(47)60/h1-37H. The van der Waals surface area contributed by atoms with Gasteiger partial charge in [-0.05, 0) is 123 Å². The molecule has 0 amide bonds. The van der Waals surface area contributed by atoms with E-state index in [9.17, 15) is 0 Å². The Labute approximate surface area is 354 Å².